The lowest BCUT2D eigenvalue weighted by molar-refractivity contribution is -0.141. The zero-order valence-corrected chi connectivity index (χ0v) is 13.4. The van der Waals surface area contributed by atoms with Crippen molar-refractivity contribution in [2.24, 2.45) is 0 Å². The Morgan fingerprint density at radius 3 is 2.41 bits per heavy atom. The number of carbonyl (C=O) groups is 1. The molecule has 0 unspecified atom stereocenters. The predicted octanol–water partition coefficient (Wildman–Crippen LogP) is 1.91. The molecule has 1 rings (SSSR count). The number of hydrogen-bond acceptors (Lipinski definition) is 4. The fourth-order valence-corrected chi connectivity index (χ4v) is 1.36. The third-order valence-electron chi connectivity index (χ3n) is 2.39. The van der Waals surface area contributed by atoms with E-state index < -0.39 is 17.8 Å². The molecule has 0 aromatic carbocycles. The van der Waals surface area contributed by atoms with E-state index in [1.54, 1.807) is 7.11 Å². The maximum Gasteiger partial charge on any atom is 0.433 e. The Kier molecular flexibility index (Phi) is 12.1. The first-order valence-electron chi connectivity index (χ1n) is 5.96. The SMILES string of the molecule is COCCNCCNC(=O)c1ccc(C(F)(F)F)nc1.Cl.Cl. The van der Waals surface area contributed by atoms with Crippen LogP contribution in [0.3, 0.4) is 0 Å². The molecule has 0 saturated carbocycles. The summed E-state index contributed by atoms with van der Waals surface area (Å²) in [6.45, 7) is 2.14. The number of carbonyl (C=O) groups excluding carboxylic acids is 1. The third kappa shape index (κ3) is 8.38. The van der Waals surface area contributed by atoms with Gasteiger partial charge in [-0.05, 0) is 12.1 Å². The number of ether oxygens (including phenoxy) is 1. The van der Waals surface area contributed by atoms with Gasteiger partial charge in [0.25, 0.3) is 5.91 Å². The van der Waals surface area contributed by atoms with E-state index in [1.165, 1.54) is 0 Å². The van der Waals surface area contributed by atoms with Gasteiger partial charge in [-0.25, -0.2) is 0 Å². The largest absolute Gasteiger partial charge is 0.433 e. The lowest BCUT2D eigenvalue weighted by atomic mass is 10.2. The van der Waals surface area contributed by atoms with Gasteiger partial charge in [-0.2, -0.15) is 13.2 Å². The fourth-order valence-electron chi connectivity index (χ4n) is 1.36. The van der Waals surface area contributed by atoms with E-state index in [0.717, 1.165) is 18.3 Å². The first-order valence-corrected chi connectivity index (χ1v) is 5.96. The molecule has 0 aliphatic carbocycles. The van der Waals surface area contributed by atoms with Crippen LogP contribution in [0, 0.1) is 0 Å². The van der Waals surface area contributed by atoms with Crippen molar-refractivity contribution in [3.05, 3.63) is 29.6 Å². The van der Waals surface area contributed by atoms with Crippen molar-refractivity contribution in [2.75, 3.05) is 33.4 Å². The van der Waals surface area contributed by atoms with Gasteiger partial charge in [0.05, 0.1) is 12.2 Å². The van der Waals surface area contributed by atoms with Gasteiger partial charge in [-0.3, -0.25) is 9.78 Å². The molecule has 1 aromatic heterocycles. The van der Waals surface area contributed by atoms with Gasteiger partial charge in [0, 0.05) is 32.9 Å². The highest BCUT2D eigenvalue weighted by Crippen LogP contribution is 2.27. The topological polar surface area (TPSA) is 63.2 Å². The van der Waals surface area contributed by atoms with E-state index in [-0.39, 0.29) is 30.4 Å². The van der Waals surface area contributed by atoms with Gasteiger partial charge in [-0.15, -0.1) is 24.8 Å². The minimum absolute atomic E-state index is 0. The van der Waals surface area contributed by atoms with E-state index in [9.17, 15) is 18.0 Å². The second kappa shape index (κ2) is 11.5. The molecule has 1 amide bonds. The lowest BCUT2D eigenvalue weighted by Crippen LogP contribution is -2.33. The summed E-state index contributed by atoms with van der Waals surface area (Å²) in [6, 6.07) is 1.88. The molecule has 0 saturated heterocycles. The van der Waals surface area contributed by atoms with Crippen LogP contribution in [0.2, 0.25) is 0 Å². The fraction of sp³-hybridized carbons (Fsp3) is 0.500. The van der Waals surface area contributed by atoms with Crippen molar-refractivity contribution in [3.8, 4) is 0 Å². The standard InChI is InChI=1S/C12H16F3N3O2.2ClH/c1-20-7-6-16-4-5-17-11(19)9-2-3-10(18-8-9)12(13,14)15;;/h2-3,8,16H,4-7H2,1H3,(H,17,19);2*1H. The van der Waals surface area contributed by atoms with Crippen LogP contribution in [0.5, 0.6) is 0 Å². The molecule has 1 aromatic rings. The molecule has 0 fully saturated rings. The molecular formula is C12H18Cl2F3N3O2. The highest BCUT2D eigenvalue weighted by atomic mass is 35.5. The molecule has 0 bridgehead atoms. The quantitative estimate of drug-likeness (QED) is 0.726. The summed E-state index contributed by atoms with van der Waals surface area (Å²) in [5, 5.41) is 5.59. The minimum atomic E-state index is -4.50. The molecule has 0 aliphatic rings. The van der Waals surface area contributed by atoms with Crippen molar-refractivity contribution in [1.29, 1.82) is 0 Å². The number of methoxy groups -OCH3 is 1. The number of rotatable bonds is 7. The molecule has 1 heterocycles. The Morgan fingerprint density at radius 1 is 1.23 bits per heavy atom. The Bertz CT molecular complexity index is 431. The summed E-state index contributed by atoms with van der Waals surface area (Å²) in [7, 11) is 1.58. The Morgan fingerprint density at radius 2 is 1.91 bits per heavy atom. The number of hydrogen-bond donors (Lipinski definition) is 2. The van der Waals surface area contributed by atoms with Crippen molar-refractivity contribution in [2.45, 2.75) is 6.18 Å². The van der Waals surface area contributed by atoms with Gasteiger partial charge < -0.3 is 15.4 Å². The van der Waals surface area contributed by atoms with Crippen molar-refractivity contribution >= 4 is 30.7 Å². The first kappa shape index (κ1) is 23.2. The smallest absolute Gasteiger partial charge is 0.383 e. The number of amides is 1. The molecule has 0 radical (unpaired) electrons. The number of pyridine rings is 1. The molecule has 2 N–H and O–H groups in total. The van der Waals surface area contributed by atoms with Gasteiger partial charge in [0.1, 0.15) is 5.69 Å². The van der Waals surface area contributed by atoms with Crippen LogP contribution in [0.15, 0.2) is 18.3 Å². The van der Waals surface area contributed by atoms with Crippen LogP contribution in [0.1, 0.15) is 16.1 Å². The van der Waals surface area contributed by atoms with Gasteiger partial charge in [0.2, 0.25) is 0 Å². The van der Waals surface area contributed by atoms with E-state index >= 15 is 0 Å². The average molecular weight is 364 g/mol. The maximum absolute atomic E-state index is 12.3. The van der Waals surface area contributed by atoms with Crippen molar-refractivity contribution in [1.82, 2.24) is 15.6 Å². The second-order valence-corrected chi connectivity index (χ2v) is 3.93. The van der Waals surface area contributed by atoms with Crippen LogP contribution in [-0.2, 0) is 10.9 Å². The van der Waals surface area contributed by atoms with Gasteiger partial charge in [-0.1, -0.05) is 0 Å². The number of nitrogens with one attached hydrogen (secondary N) is 2. The monoisotopic (exact) mass is 363 g/mol. The first-order chi connectivity index (χ1) is 9.45. The molecule has 0 atom stereocenters. The van der Waals surface area contributed by atoms with Crippen LogP contribution in [0.25, 0.3) is 0 Å². The molecule has 10 heteroatoms. The van der Waals surface area contributed by atoms with Crippen LogP contribution in [-0.4, -0.2) is 44.2 Å². The average Bonchev–Trinajstić information content (AvgIpc) is 2.41. The number of halogens is 5. The van der Waals surface area contributed by atoms with Crippen molar-refractivity contribution in [3.63, 3.8) is 0 Å². The normalized spacial score (nSPS) is 10.4. The van der Waals surface area contributed by atoms with E-state index in [2.05, 4.69) is 15.6 Å². The summed E-state index contributed by atoms with van der Waals surface area (Å²) in [5.41, 5.74) is -0.926. The van der Waals surface area contributed by atoms with Crippen LogP contribution >= 0.6 is 24.8 Å². The van der Waals surface area contributed by atoms with E-state index in [1.807, 2.05) is 0 Å². The van der Waals surface area contributed by atoms with E-state index in [0.29, 0.717) is 26.2 Å². The van der Waals surface area contributed by atoms with Gasteiger partial charge in [0.15, 0.2) is 0 Å². The molecular weight excluding hydrogens is 346 g/mol. The van der Waals surface area contributed by atoms with Crippen molar-refractivity contribution < 1.29 is 22.7 Å². The Labute approximate surface area is 138 Å². The molecule has 5 nitrogen and oxygen atoms in total. The Balaban J connectivity index is 0. The number of nitrogens with zero attached hydrogens (tertiary/aromatic N) is 1. The van der Waals surface area contributed by atoms with Crippen LogP contribution < -0.4 is 10.6 Å². The molecule has 0 spiro atoms. The zero-order chi connectivity index (χ0) is 15.0. The number of alkyl halides is 3. The highest BCUT2D eigenvalue weighted by Gasteiger charge is 2.32. The summed E-state index contributed by atoms with van der Waals surface area (Å²) < 4.78 is 41.7. The zero-order valence-electron chi connectivity index (χ0n) is 11.8. The Hall–Kier alpha value is -1.09. The molecule has 22 heavy (non-hydrogen) atoms. The number of aromatic nitrogens is 1. The van der Waals surface area contributed by atoms with E-state index in [4.69, 9.17) is 4.74 Å². The van der Waals surface area contributed by atoms with Gasteiger partial charge >= 0.3 is 6.18 Å². The third-order valence-corrected chi connectivity index (χ3v) is 2.39. The summed E-state index contributed by atoms with van der Waals surface area (Å²) >= 11 is 0. The maximum atomic E-state index is 12.3. The lowest BCUT2D eigenvalue weighted by Gasteiger charge is -2.08. The summed E-state index contributed by atoms with van der Waals surface area (Å²) in [4.78, 5) is 14.8. The second-order valence-electron chi connectivity index (χ2n) is 3.93. The highest BCUT2D eigenvalue weighted by molar-refractivity contribution is 5.93. The summed E-state index contributed by atoms with van der Waals surface area (Å²) in [5.74, 6) is -0.459. The molecule has 0 aliphatic heterocycles. The molecule has 128 valence electrons. The van der Waals surface area contributed by atoms with Crippen LogP contribution in [0.4, 0.5) is 13.2 Å². The predicted molar refractivity (Wildman–Crippen MR) is 80.8 cm³/mol. The minimum Gasteiger partial charge on any atom is -0.383 e. The summed E-state index contributed by atoms with van der Waals surface area (Å²) in [6.07, 6.45) is -3.59.